The van der Waals surface area contributed by atoms with Crippen molar-refractivity contribution in [1.82, 2.24) is 0 Å². The van der Waals surface area contributed by atoms with Crippen LogP contribution in [-0.2, 0) is 11.2 Å². The van der Waals surface area contributed by atoms with Crippen molar-refractivity contribution in [2.75, 3.05) is 5.73 Å². The van der Waals surface area contributed by atoms with Crippen molar-refractivity contribution in [1.29, 1.82) is 0 Å². The number of ketones is 1. The zero-order valence-electron chi connectivity index (χ0n) is 11.1. The molecule has 0 radical (unpaired) electrons. The number of hydrogen-bond donors (Lipinski definition) is 1. The monoisotopic (exact) mass is 233 g/mol. The highest BCUT2D eigenvalue weighted by Crippen LogP contribution is 2.21. The van der Waals surface area contributed by atoms with E-state index in [-0.39, 0.29) is 5.41 Å². The molecule has 1 aromatic rings. The molecule has 0 saturated carbocycles. The Balaban J connectivity index is 2.31. The van der Waals surface area contributed by atoms with Gasteiger partial charge in [-0.05, 0) is 36.0 Å². The quantitative estimate of drug-likeness (QED) is 0.790. The molecule has 1 aromatic carbocycles. The molecule has 2 heteroatoms. The van der Waals surface area contributed by atoms with Crippen molar-refractivity contribution in [3.8, 4) is 0 Å². The van der Waals surface area contributed by atoms with Crippen LogP contribution in [0.4, 0.5) is 5.69 Å². The van der Waals surface area contributed by atoms with Gasteiger partial charge in [0, 0.05) is 18.5 Å². The minimum absolute atomic E-state index is 0.247. The van der Waals surface area contributed by atoms with Crippen LogP contribution < -0.4 is 5.73 Å². The van der Waals surface area contributed by atoms with Crippen LogP contribution >= 0.6 is 0 Å². The fraction of sp³-hybridized carbons (Fsp3) is 0.533. The minimum atomic E-state index is 0.247. The lowest BCUT2D eigenvalue weighted by Gasteiger charge is -2.16. The van der Waals surface area contributed by atoms with Gasteiger partial charge < -0.3 is 5.73 Å². The third-order valence-corrected chi connectivity index (χ3v) is 2.83. The highest BCUT2D eigenvalue weighted by molar-refractivity contribution is 5.78. The predicted molar refractivity (Wildman–Crippen MR) is 72.9 cm³/mol. The Morgan fingerprint density at radius 1 is 1.12 bits per heavy atom. The lowest BCUT2D eigenvalue weighted by Crippen LogP contribution is -2.09. The third kappa shape index (κ3) is 6.10. The van der Waals surface area contributed by atoms with E-state index in [1.54, 1.807) is 0 Å². The van der Waals surface area contributed by atoms with Crippen LogP contribution in [0.5, 0.6) is 0 Å². The SMILES string of the molecule is CC(C)(C)CCC(=O)CCc1ccc(N)cc1. The van der Waals surface area contributed by atoms with Gasteiger partial charge in [0.15, 0.2) is 0 Å². The second kappa shape index (κ2) is 5.85. The predicted octanol–water partition coefficient (Wildman–Crippen LogP) is 3.60. The lowest BCUT2D eigenvalue weighted by atomic mass is 9.89. The van der Waals surface area contributed by atoms with Crippen molar-refractivity contribution in [3.05, 3.63) is 29.8 Å². The molecule has 0 aliphatic carbocycles. The van der Waals surface area contributed by atoms with E-state index in [0.717, 1.165) is 18.5 Å². The molecule has 94 valence electrons. The van der Waals surface area contributed by atoms with Gasteiger partial charge in [-0.1, -0.05) is 32.9 Å². The summed E-state index contributed by atoms with van der Waals surface area (Å²) in [6, 6.07) is 7.75. The Morgan fingerprint density at radius 2 is 1.71 bits per heavy atom. The van der Waals surface area contributed by atoms with Crippen LogP contribution in [0, 0.1) is 5.41 Å². The summed E-state index contributed by atoms with van der Waals surface area (Å²) in [5.41, 5.74) is 7.81. The Morgan fingerprint density at radius 3 is 2.24 bits per heavy atom. The van der Waals surface area contributed by atoms with Crippen LogP contribution in [-0.4, -0.2) is 5.78 Å². The number of anilines is 1. The van der Waals surface area contributed by atoms with E-state index in [4.69, 9.17) is 5.73 Å². The summed E-state index contributed by atoms with van der Waals surface area (Å²) in [6.45, 7) is 6.50. The van der Waals surface area contributed by atoms with E-state index in [0.29, 0.717) is 18.6 Å². The van der Waals surface area contributed by atoms with Crippen molar-refractivity contribution in [2.45, 2.75) is 46.5 Å². The van der Waals surface area contributed by atoms with Crippen LogP contribution in [0.1, 0.15) is 45.6 Å². The molecule has 0 heterocycles. The molecule has 0 bridgehead atoms. The molecule has 0 saturated heterocycles. The summed E-state index contributed by atoms with van der Waals surface area (Å²) < 4.78 is 0. The summed E-state index contributed by atoms with van der Waals surface area (Å²) in [7, 11) is 0. The maximum Gasteiger partial charge on any atom is 0.133 e. The van der Waals surface area contributed by atoms with Crippen LogP contribution in [0.2, 0.25) is 0 Å². The van der Waals surface area contributed by atoms with Crippen LogP contribution in [0.15, 0.2) is 24.3 Å². The van der Waals surface area contributed by atoms with Crippen molar-refractivity contribution in [3.63, 3.8) is 0 Å². The number of benzene rings is 1. The van der Waals surface area contributed by atoms with E-state index < -0.39 is 0 Å². The molecule has 0 spiro atoms. The first-order valence-electron chi connectivity index (χ1n) is 6.23. The second-order valence-electron chi connectivity index (χ2n) is 5.84. The van der Waals surface area contributed by atoms with Gasteiger partial charge in [-0.2, -0.15) is 0 Å². The Hall–Kier alpha value is -1.31. The summed E-state index contributed by atoms with van der Waals surface area (Å²) in [5.74, 6) is 0.358. The molecule has 0 atom stereocenters. The zero-order valence-corrected chi connectivity index (χ0v) is 11.1. The number of nitrogen functional groups attached to an aromatic ring is 1. The maximum absolute atomic E-state index is 11.7. The average molecular weight is 233 g/mol. The van der Waals surface area contributed by atoms with E-state index in [2.05, 4.69) is 20.8 Å². The number of rotatable bonds is 5. The van der Waals surface area contributed by atoms with Gasteiger partial charge in [-0.3, -0.25) is 4.79 Å². The van der Waals surface area contributed by atoms with Crippen LogP contribution in [0.3, 0.4) is 0 Å². The van der Waals surface area contributed by atoms with Crippen molar-refractivity contribution >= 4 is 11.5 Å². The first-order chi connectivity index (χ1) is 7.87. The fourth-order valence-electron chi connectivity index (χ4n) is 1.61. The van der Waals surface area contributed by atoms with Gasteiger partial charge in [-0.25, -0.2) is 0 Å². The smallest absolute Gasteiger partial charge is 0.133 e. The normalized spacial score (nSPS) is 11.5. The molecule has 17 heavy (non-hydrogen) atoms. The Bertz CT molecular complexity index is 360. The molecule has 0 amide bonds. The number of nitrogens with two attached hydrogens (primary N) is 1. The molecule has 0 aliphatic rings. The molecule has 0 unspecified atom stereocenters. The van der Waals surface area contributed by atoms with Crippen molar-refractivity contribution < 1.29 is 4.79 Å². The lowest BCUT2D eigenvalue weighted by molar-refractivity contribution is -0.119. The maximum atomic E-state index is 11.7. The summed E-state index contributed by atoms with van der Waals surface area (Å²) in [6.07, 6.45) is 3.12. The van der Waals surface area contributed by atoms with Gasteiger partial charge in [0.1, 0.15) is 5.78 Å². The molecular formula is C15H23NO. The number of aryl methyl sites for hydroxylation is 1. The third-order valence-electron chi connectivity index (χ3n) is 2.83. The number of hydrogen-bond acceptors (Lipinski definition) is 2. The number of carbonyl (C=O) groups excluding carboxylic acids is 1. The largest absolute Gasteiger partial charge is 0.399 e. The highest BCUT2D eigenvalue weighted by Gasteiger charge is 2.12. The number of carbonyl (C=O) groups is 1. The van der Waals surface area contributed by atoms with Gasteiger partial charge in [-0.15, -0.1) is 0 Å². The first kappa shape index (κ1) is 13.8. The second-order valence-corrected chi connectivity index (χ2v) is 5.84. The number of Topliss-reactive ketones (excluding diaryl/α,β-unsaturated/α-hetero) is 1. The van der Waals surface area contributed by atoms with Gasteiger partial charge >= 0.3 is 0 Å². The van der Waals surface area contributed by atoms with Gasteiger partial charge in [0.25, 0.3) is 0 Å². The highest BCUT2D eigenvalue weighted by atomic mass is 16.1. The molecule has 0 aromatic heterocycles. The van der Waals surface area contributed by atoms with Crippen LogP contribution in [0.25, 0.3) is 0 Å². The Kier molecular flexibility index (Phi) is 4.73. The summed E-state index contributed by atoms with van der Waals surface area (Å²) in [4.78, 5) is 11.7. The minimum Gasteiger partial charge on any atom is -0.399 e. The standard InChI is InChI=1S/C15H23NO/c1-15(2,3)11-10-14(17)9-6-12-4-7-13(16)8-5-12/h4-5,7-8H,6,9-11,16H2,1-3H3. The Labute approximate surface area is 104 Å². The molecule has 0 fully saturated rings. The first-order valence-corrected chi connectivity index (χ1v) is 6.23. The summed E-state index contributed by atoms with van der Waals surface area (Å²) >= 11 is 0. The topological polar surface area (TPSA) is 43.1 Å². The average Bonchev–Trinajstić information content (AvgIpc) is 2.25. The summed E-state index contributed by atoms with van der Waals surface area (Å²) in [5, 5.41) is 0. The van der Waals surface area contributed by atoms with Gasteiger partial charge in [0.2, 0.25) is 0 Å². The molecule has 1 rings (SSSR count). The van der Waals surface area contributed by atoms with E-state index in [1.165, 1.54) is 5.56 Å². The van der Waals surface area contributed by atoms with E-state index in [9.17, 15) is 4.79 Å². The van der Waals surface area contributed by atoms with E-state index >= 15 is 0 Å². The molecule has 2 N–H and O–H groups in total. The van der Waals surface area contributed by atoms with Crippen molar-refractivity contribution in [2.24, 2.45) is 5.41 Å². The fourth-order valence-corrected chi connectivity index (χ4v) is 1.61. The zero-order chi connectivity index (χ0) is 12.9. The molecule has 0 aliphatic heterocycles. The van der Waals surface area contributed by atoms with E-state index in [1.807, 2.05) is 24.3 Å². The molecule has 2 nitrogen and oxygen atoms in total. The molecular weight excluding hydrogens is 210 g/mol. The van der Waals surface area contributed by atoms with Gasteiger partial charge in [0.05, 0.1) is 0 Å².